The second-order valence-corrected chi connectivity index (χ2v) is 6.76. The minimum atomic E-state index is 0.627. The van der Waals surface area contributed by atoms with Gasteiger partial charge in [-0.05, 0) is 49.4 Å². The highest BCUT2D eigenvalue weighted by molar-refractivity contribution is 7.16. The summed E-state index contributed by atoms with van der Waals surface area (Å²) in [6.07, 6.45) is 3.38. The summed E-state index contributed by atoms with van der Waals surface area (Å²) in [7, 11) is 0. The molecule has 5 heteroatoms. The van der Waals surface area contributed by atoms with Crippen molar-refractivity contribution >= 4 is 39.0 Å². The van der Waals surface area contributed by atoms with Crippen molar-refractivity contribution in [2.24, 2.45) is 0 Å². The zero-order chi connectivity index (χ0) is 13.9. The fraction of sp³-hybridized carbons (Fsp3) is 0.267. The van der Waals surface area contributed by atoms with Gasteiger partial charge >= 0.3 is 0 Å². The fourth-order valence-corrected chi connectivity index (χ4v) is 4.34. The first-order valence-electron chi connectivity index (χ1n) is 6.60. The summed E-state index contributed by atoms with van der Waals surface area (Å²) in [5.41, 5.74) is 11.1. The molecule has 0 radical (unpaired) electrons. The molecule has 0 bridgehead atoms. The Balaban J connectivity index is 1.97. The lowest BCUT2D eigenvalue weighted by molar-refractivity contribution is 0.617. The molecule has 1 aliphatic carbocycles. The van der Waals surface area contributed by atoms with E-state index in [1.807, 2.05) is 19.1 Å². The molecule has 0 saturated heterocycles. The standard InChI is InChI=1S/C15H13ClN2OS/c1-7-5-8(16)6-10-13(7)19-15(18-10)12-9-3-2-4-11(9)20-14(12)17/h5-6H,2-4,17H2,1H3. The van der Waals surface area contributed by atoms with Gasteiger partial charge in [-0.3, -0.25) is 0 Å². The minimum Gasteiger partial charge on any atom is -0.436 e. The molecule has 3 aromatic rings. The van der Waals surface area contributed by atoms with E-state index < -0.39 is 0 Å². The highest BCUT2D eigenvalue weighted by Gasteiger charge is 2.25. The van der Waals surface area contributed by atoms with Crippen molar-refractivity contribution in [2.75, 3.05) is 5.73 Å². The Kier molecular flexibility index (Phi) is 2.59. The van der Waals surface area contributed by atoms with Gasteiger partial charge < -0.3 is 10.2 Å². The van der Waals surface area contributed by atoms with Crippen molar-refractivity contribution in [1.82, 2.24) is 4.98 Å². The Labute approximate surface area is 125 Å². The third-order valence-corrected chi connectivity index (χ3v) is 5.14. The van der Waals surface area contributed by atoms with Gasteiger partial charge in [0.25, 0.3) is 0 Å². The van der Waals surface area contributed by atoms with Crippen LogP contribution in [0.3, 0.4) is 0 Å². The van der Waals surface area contributed by atoms with E-state index in [-0.39, 0.29) is 0 Å². The van der Waals surface area contributed by atoms with Gasteiger partial charge in [0.05, 0.1) is 10.6 Å². The topological polar surface area (TPSA) is 52.0 Å². The summed E-state index contributed by atoms with van der Waals surface area (Å²) in [5.74, 6) is 0.627. The quantitative estimate of drug-likeness (QED) is 0.715. The number of thiophene rings is 1. The molecule has 0 fully saturated rings. The molecular weight excluding hydrogens is 292 g/mol. The minimum absolute atomic E-state index is 0.627. The molecule has 1 aromatic carbocycles. The van der Waals surface area contributed by atoms with Crippen LogP contribution >= 0.6 is 22.9 Å². The van der Waals surface area contributed by atoms with Crippen LogP contribution in [0.5, 0.6) is 0 Å². The summed E-state index contributed by atoms with van der Waals surface area (Å²) >= 11 is 7.75. The molecule has 0 aliphatic heterocycles. The Morgan fingerprint density at radius 1 is 1.35 bits per heavy atom. The molecule has 3 nitrogen and oxygen atoms in total. The average Bonchev–Trinajstić information content (AvgIpc) is 3.02. The number of nitrogens with zero attached hydrogens (tertiary/aromatic N) is 1. The summed E-state index contributed by atoms with van der Waals surface area (Å²) in [5, 5.41) is 1.49. The summed E-state index contributed by atoms with van der Waals surface area (Å²) in [4.78, 5) is 5.97. The van der Waals surface area contributed by atoms with Gasteiger partial charge in [0.15, 0.2) is 5.58 Å². The summed E-state index contributed by atoms with van der Waals surface area (Å²) < 4.78 is 5.96. The molecule has 0 atom stereocenters. The van der Waals surface area contributed by atoms with Gasteiger partial charge in [-0.1, -0.05) is 11.6 Å². The van der Waals surface area contributed by atoms with Gasteiger partial charge in [0, 0.05) is 9.90 Å². The van der Waals surface area contributed by atoms with Gasteiger partial charge in [0.2, 0.25) is 5.89 Å². The zero-order valence-corrected chi connectivity index (χ0v) is 12.6. The number of fused-ring (bicyclic) bond motifs is 2. The van der Waals surface area contributed by atoms with Gasteiger partial charge in [-0.15, -0.1) is 11.3 Å². The number of nitrogens with two attached hydrogens (primary N) is 1. The number of hydrogen-bond acceptors (Lipinski definition) is 4. The molecule has 102 valence electrons. The molecular formula is C15H13ClN2OS. The Hall–Kier alpha value is -1.52. The summed E-state index contributed by atoms with van der Waals surface area (Å²) in [6, 6.07) is 3.72. The smallest absolute Gasteiger partial charge is 0.230 e. The second-order valence-electron chi connectivity index (χ2n) is 5.19. The van der Waals surface area contributed by atoms with E-state index in [0.29, 0.717) is 10.9 Å². The maximum absolute atomic E-state index is 6.17. The van der Waals surface area contributed by atoms with E-state index in [9.17, 15) is 0 Å². The molecule has 0 saturated carbocycles. The van der Waals surface area contributed by atoms with Crippen LogP contribution in [0.2, 0.25) is 5.02 Å². The van der Waals surface area contributed by atoms with Gasteiger partial charge in [-0.25, -0.2) is 4.98 Å². The highest BCUT2D eigenvalue weighted by atomic mass is 35.5. The van der Waals surface area contributed by atoms with E-state index in [2.05, 4.69) is 4.98 Å². The van der Waals surface area contributed by atoms with Crippen LogP contribution in [0.1, 0.15) is 22.4 Å². The molecule has 20 heavy (non-hydrogen) atoms. The lowest BCUT2D eigenvalue weighted by Gasteiger charge is -1.97. The van der Waals surface area contributed by atoms with E-state index in [0.717, 1.165) is 40.1 Å². The molecule has 0 spiro atoms. The van der Waals surface area contributed by atoms with E-state index in [1.165, 1.54) is 16.9 Å². The Bertz CT molecular complexity index is 834. The average molecular weight is 305 g/mol. The maximum Gasteiger partial charge on any atom is 0.230 e. The Morgan fingerprint density at radius 2 is 2.20 bits per heavy atom. The van der Waals surface area contributed by atoms with Crippen molar-refractivity contribution < 1.29 is 4.42 Å². The van der Waals surface area contributed by atoms with Crippen molar-refractivity contribution in [3.05, 3.63) is 33.2 Å². The van der Waals surface area contributed by atoms with Crippen LogP contribution in [-0.4, -0.2) is 4.98 Å². The van der Waals surface area contributed by atoms with Gasteiger partial charge in [0.1, 0.15) is 5.52 Å². The number of hydrogen-bond donors (Lipinski definition) is 1. The predicted octanol–water partition coefficient (Wildman–Crippen LogP) is 4.59. The van der Waals surface area contributed by atoms with Crippen molar-refractivity contribution in [2.45, 2.75) is 26.2 Å². The maximum atomic E-state index is 6.17. The molecule has 4 rings (SSSR count). The molecule has 1 aliphatic rings. The summed E-state index contributed by atoms with van der Waals surface area (Å²) in [6.45, 7) is 1.98. The first kappa shape index (κ1) is 12.2. The first-order valence-corrected chi connectivity index (χ1v) is 7.80. The van der Waals surface area contributed by atoms with Crippen LogP contribution in [0.4, 0.5) is 5.00 Å². The number of anilines is 1. The van der Waals surface area contributed by atoms with Crippen LogP contribution in [0.15, 0.2) is 16.5 Å². The van der Waals surface area contributed by atoms with Gasteiger partial charge in [-0.2, -0.15) is 0 Å². The molecule has 2 heterocycles. The molecule has 0 unspecified atom stereocenters. The number of aryl methyl sites for hydroxylation is 2. The van der Waals surface area contributed by atoms with E-state index in [4.69, 9.17) is 21.8 Å². The van der Waals surface area contributed by atoms with Crippen molar-refractivity contribution in [3.8, 4) is 11.5 Å². The second kappa shape index (κ2) is 4.24. The van der Waals surface area contributed by atoms with E-state index in [1.54, 1.807) is 11.3 Å². The third-order valence-electron chi connectivity index (χ3n) is 3.80. The number of halogens is 1. The number of oxazole rings is 1. The fourth-order valence-electron chi connectivity index (χ4n) is 2.92. The monoisotopic (exact) mass is 304 g/mol. The number of aromatic nitrogens is 1. The Morgan fingerprint density at radius 3 is 3.05 bits per heavy atom. The molecule has 2 aromatic heterocycles. The van der Waals surface area contributed by atoms with Crippen LogP contribution in [-0.2, 0) is 12.8 Å². The first-order chi connectivity index (χ1) is 9.63. The largest absolute Gasteiger partial charge is 0.436 e. The number of rotatable bonds is 1. The SMILES string of the molecule is Cc1cc(Cl)cc2nc(-c3c(N)sc4c3CCC4)oc12. The lowest BCUT2D eigenvalue weighted by Crippen LogP contribution is -1.88. The normalized spacial score (nSPS) is 14.1. The molecule has 0 amide bonds. The van der Waals surface area contributed by atoms with Crippen LogP contribution < -0.4 is 5.73 Å². The van der Waals surface area contributed by atoms with Crippen molar-refractivity contribution in [1.29, 1.82) is 0 Å². The number of benzene rings is 1. The third kappa shape index (κ3) is 1.68. The van der Waals surface area contributed by atoms with E-state index >= 15 is 0 Å². The lowest BCUT2D eigenvalue weighted by atomic mass is 10.1. The number of nitrogen functional groups attached to an aromatic ring is 1. The van der Waals surface area contributed by atoms with Crippen LogP contribution in [0.25, 0.3) is 22.6 Å². The highest BCUT2D eigenvalue weighted by Crippen LogP contribution is 2.44. The van der Waals surface area contributed by atoms with Crippen LogP contribution in [0, 0.1) is 6.92 Å². The molecule has 2 N–H and O–H groups in total. The predicted molar refractivity (Wildman–Crippen MR) is 83.5 cm³/mol. The zero-order valence-electron chi connectivity index (χ0n) is 11.0. The van der Waals surface area contributed by atoms with Crippen molar-refractivity contribution in [3.63, 3.8) is 0 Å².